The maximum Gasteiger partial charge on any atom is 0.530 e. The average Bonchev–Trinajstić information content (AvgIpc) is 2.61. The summed E-state index contributed by atoms with van der Waals surface area (Å²) in [5, 5.41) is 0. The summed E-state index contributed by atoms with van der Waals surface area (Å²) in [5.74, 6) is 5.80. The number of phosphoric ester groups is 1. The molecule has 5 nitrogen and oxygen atoms in total. The van der Waals surface area contributed by atoms with E-state index in [-0.39, 0.29) is 30.2 Å². The number of benzene rings is 2. The molecule has 0 bridgehead atoms. The molecule has 0 saturated heterocycles. The van der Waals surface area contributed by atoms with Crippen LogP contribution in [0.25, 0.3) is 0 Å². The van der Waals surface area contributed by atoms with Gasteiger partial charge in [0, 0.05) is 16.8 Å². The van der Waals surface area contributed by atoms with E-state index < -0.39 is 19.6 Å². The largest absolute Gasteiger partial charge is 0.530 e. The molecule has 0 radical (unpaired) electrons. The van der Waals surface area contributed by atoms with Crippen LogP contribution in [0, 0.1) is 11.8 Å². The lowest BCUT2D eigenvalue weighted by molar-refractivity contribution is -0.137. The van der Waals surface area contributed by atoms with Crippen LogP contribution in [0.15, 0.2) is 42.5 Å². The third-order valence-corrected chi connectivity index (χ3v) is 4.95. The third kappa shape index (κ3) is 6.03. The van der Waals surface area contributed by atoms with Gasteiger partial charge in [-0.25, -0.2) is 4.57 Å². The molecular formula is C19H19F3NO4P. The maximum absolute atomic E-state index is 12.7. The summed E-state index contributed by atoms with van der Waals surface area (Å²) in [6, 6.07) is 9.27. The monoisotopic (exact) mass is 413 g/mol. The average molecular weight is 413 g/mol. The Morgan fingerprint density at radius 2 is 1.61 bits per heavy atom. The van der Waals surface area contributed by atoms with Crippen molar-refractivity contribution in [2.24, 2.45) is 0 Å². The second-order valence-corrected chi connectivity index (χ2v) is 7.04. The highest BCUT2D eigenvalue weighted by Crippen LogP contribution is 2.49. The molecule has 0 atom stereocenters. The summed E-state index contributed by atoms with van der Waals surface area (Å²) in [6.45, 7) is 3.66. The molecular weight excluding hydrogens is 394 g/mol. The van der Waals surface area contributed by atoms with Crippen LogP contribution in [0.2, 0.25) is 0 Å². The van der Waals surface area contributed by atoms with Crippen LogP contribution >= 0.6 is 7.82 Å². The van der Waals surface area contributed by atoms with Gasteiger partial charge in [-0.3, -0.25) is 9.05 Å². The van der Waals surface area contributed by atoms with Crippen LogP contribution in [-0.2, 0) is 19.8 Å². The summed E-state index contributed by atoms with van der Waals surface area (Å²) in [5.41, 5.74) is 5.61. The summed E-state index contributed by atoms with van der Waals surface area (Å²) < 4.78 is 65.7. The molecule has 0 aliphatic carbocycles. The van der Waals surface area contributed by atoms with E-state index in [9.17, 15) is 17.7 Å². The Hall–Kier alpha value is -2.46. The number of alkyl halides is 3. The Morgan fingerprint density at radius 1 is 1.00 bits per heavy atom. The summed E-state index contributed by atoms with van der Waals surface area (Å²) in [4.78, 5) is 0. The van der Waals surface area contributed by atoms with Gasteiger partial charge >= 0.3 is 14.0 Å². The molecule has 0 fully saturated rings. The number of halogens is 3. The van der Waals surface area contributed by atoms with Crippen LogP contribution in [-0.4, -0.2) is 13.2 Å². The zero-order valence-electron chi connectivity index (χ0n) is 15.2. The standard InChI is InChI=1S/C19H19F3NO4P/c1-3-25-28(24,26-4-2)27-17-11-6-14(7-12-17)5-8-15-9-10-16(13-18(15)23)19(20,21)22/h6-7,9-13H,3-4,23H2,1-2H3. The smallest absolute Gasteiger partial charge is 0.404 e. The number of nitrogen functional groups attached to an aromatic ring is 1. The van der Waals surface area contributed by atoms with E-state index in [0.717, 1.165) is 12.1 Å². The molecule has 0 aromatic heterocycles. The molecule has 28 heavy (non-hydrogen) atoms. The topological polar surface area (TPSA) is 70.8 Å². The number of anilines is 1. The quantitative estimate of drug-likeness (QED) is 0.398. The molecule has 0 spiro atoms. The van der Waals surface area contributed by atoms with Crippen molar-refractivity contribution in [1.82, 2.24) is 0 Å². The Labute approximate surface area is 161 Å². The predicted molar refractivity (Wildman–Crippen MR) is 99.8 cm³/mol. The molecule has 0 aliphatic heterocycles. The number of hydrogen-bond donors (Lipinski definition) is 1. The minimum absolute atomic E-state index is 0.0587. The molecule has 0 amide bonds. The highest BCUT2D eigenvalue weighted by molar-refractivity contribution is 7.48. The van der Waals surface area contributed by atoms with Crippen molar-refractivity contribution >= 4 is 13.5 Å². The van der Waals surface area contributed by atoms with E-state index in [0.29, 0.717) is 5.56 Å². The lowest BCUT2D eigenvalue weighted by Crippen LogP contribution is -2.06. The van der Waals surface area contributed by atoms with Gasteiger partial charge in [-0.2, -0.15) is 13.2 Å². The zero-order chi connectivity index (χ0) is 20.8. The molecule has 2 rings (SSSR count). The molecule has 2 N–H and O–H groups in total. The van der Waals surface area contributed by atoms with E-state index in [1.807, 2.05) is 0 Å². The summed E-state index contributed by atoms with van der Waals surface area (Å²) in [6.07, 6.45) is -4.46. The van der Waals surface area contributed by atoms with E-state index in [2.05, 4.69) is 11.8 Å². The first-order valence-electron chi connectivity index (χ1n) is 8.34. The minimum Gasteiger partial charge on any atom is -0.404 e. The molecule has 9 heteroatoms. The van der Waals surface area contributed by atoms with Gasteiger partial charge in [0.05, 0.1) is 18.8 Å². The fourth-order valence-electron chi connectivity index (χ4n) is 2.13. The minimum atomic E-state index is -4.46. The van der Waals surface area contributed by atoms with Gasteiger partial charge in [-0.05, 0) is 56.3 Å². The second kappa shape index (κ2) is 9.16. The SMILES string of the molecule is CCOP(=O)(OCC)Oc1ccc(C#Cc2ccc(C(F)(F)F)cc2N)cc1. The van der Waals surface area contributed by atoms with Crippen molar-refractivity contribution < 1.29 is 31.3 Å². The van der Waals surface area contributed by atoms with Crippen LogP contribution in [0.1, 0.15) is 30.5 Å². The summed E-state index contributed by atoms with van der Waals surface area (Å²) in [7, 11) is -3.69. The fourth-order valence-corrected chi connectivity index (χ4v) is 3.32. The van der Waals surface area contributed by atoms with Crippen molar-refractivity contribution in [2.75, 3.05) is 18.9 Å². The van der Waals surface area contributed by atoms with Gasteiger partial charge in [-0.1, -0.05) is 11.8 Å². The lowest BCUT2D eigenvalue weighted by Gasteiger charge is -2.16. The highest BCUT2D eigenvalue weighted by Gasteiger charge is 2.30. The van der Waals surface area contributed by atoms with Crippen molar-refractivity contribution in [3.63, 3.8) is 0 Å². The normalized spacial score (nSPS) is 11.6. The van der Waals surface area contributed by atoms with Gasteiger partial charge in [0.2, 0.25) is 0 Å². The van der Waals surface area contributed by atoms with Gasteiger partial charge in [-0.15, -0.1) is 0 Å². The summed E-state index contributed by atoms with van der Waals surface area (Å²) >= 11 is 0. The molecule has 0 saturated carbocycles. The first-order valence-corrected chi connectivity index (χ1v) is 9.80. The van der Waals surface area contributed by atoms with Gasteiger partial charge in [0.15, 0.2) is 0 Å². The number of rotatable bonds is 6. The number of phosphoric acid groups is 1. The first-order chi connectivity index (χ1) is 13.2. The Kier molecular flexibility index (Phi) is 7.14. The lowest BCUT2D eigenvalue weighted by atomic mass is 10.1. The van der Waals surface area contributed by atoms with Crippen LogP contribution in [0.3, 0.4) is 0 Å². The van der Waals surface area contributed by atoms with E-state index in [4.69, 9.17) is 19.3 Å². The zero-order valence-corrected chi connectivity index (χ0v) is 16.1. The third-order valence-electron chi connectivity index (χ3n) is 3.37. The van der Waals surface area contributed by atoms with Crippen molar-refractivity contribution in [1.29, 1.82) is 0 Å². The number of hydrogen-bond acceptors (Lipinski definition) is 5. The highest BCUT2D eigenvalue weighted by atomic mass is 31.2. The fraction of sp³-hybridized carbons (Fsp3) is 0.263. The van der Waals surface area contributed by atoms with Crippen molar-refractivity contribution in [2.45, 2.75) is 20.0 Å². The van der Waals surface area contributed by atoms with Crippen molar-refractivity contribution in [3.8, 4) is 17.6 Å². The van der Waals surface area contributed by atoms with E-state index in [1.54, 1.807) is 26.0 Å². The van der Waals surface area contributed by atoms with Gasteiger partial charge in [0.1, 0.15) is 5.75 Å². The van der Waals surface area contributed by atoms with Crippen LogP contribution < -0.4 is 10.3 Å². The Bertz CT molecular complexity index is 908. The molecule has 2 aromatic carbocycles. The maximum atomic E-state index is 12.7. The molecule has 0 aliphatic rings. The Balaban J connectivity index is 2.15. The Morgan fingerprint density at radius 3 is 2.11 bits per heavy atom. The molecule has 0 heterocycles. The molecule has 2 aromatic rings. The van der Waals surface area contributed by atoms with Gasteiger partial charge < -0.3 is 10.3 Å². The molecule has 0 unspecified atom stereocenters. The molecule has 150 valence electrons. The van der Waals surface area contributed by atoms with Gasteiger partial charge in [0.25, 0.3) is 0 Å². The van der Waals surface area contributed by atoms with Crippen LogP contribution in [0.5, 0.6) is 5.75 Å². The van der Waals surface area contributed by atoms with E-state index in [1.165, 1.54) is 18.2 Å². The predicted octanol–water partition coefficient (Wildman–Crippen LogP) is 5.25. The van der Waals surface area contributed by atoms with Crippen molar-refractivity contribution in [3.05, 3.63) is 59.2 Å². The second-order valence-electron chi connectivity index (χ2n) is 5.45. The first kappa shape index (κ1) is 21.8. The van der Waals surface area contributed by atoms with Crippen LogP contribution in [0.4, 0.5) is 18.9 Å². The van der Waals surface area contributed by atoms with E-state index >= 15 is 0 Å². The number of nitrogens with two attached hydrogens (primary N) is 1.